The number of nitrogens with zero attached hydrogens (tertiary/aromatic N) is 2. The van der Waals surface area contributed by atoms with Crippen LogP contribution in [0, 0.1) is 11.2 Å². The van der Waals surface area contributed by atoms with Gasteiger partial charge in [0.05, 0.1) is 19.8 Å². The molecule has 1 aromatic rings. The normalized spacial score (nSPS) is 13.9. The topological polar surface area (TPSA) is 91.0 Å². The number of urea groups is 1. The van der Waals surface area contributed by atoms with Crippen molar-refractivity contribution in [1.29, 1.82) is 0 Å². The number of hydrogen-bond donors (Lipinski definition) is 2. The highest BCUT2D eigenvalue weighted by Gasteiger charge is 2.32. The van der Waals surface area contributed by atoms with Gasteiger partial charge in [0.15, 0.2) is 0 Å². The van der Waals surface area contributed by atoms with Gasteiger partial charge in [0, 0.05) is 30.8 Å². The molecule has 1 saturated heterocycles. The summed E-state index contributed by atoms with van der Waals surface area (Å²) in [4.78, 5) is 39.7. The minimum atomic E-state index is -3.30. The van der Waals surface area contributed by atoms with Gasteiger partial charge in [0.1, 0.15) is 5.82 Å². The van der Waals surface area contributed by atoms with Crippen LogP contribution in [0.2, 0.25) is 0 Å². The molecule has 0 spiro atoms. The first kappa shape index (κ1) is 28.2. The van der Waals surface area contributed by atoms with E-state index in [9.17, 15) is 27.6 Å². The molecule has 1 aliphatic heterocycles. The fraction of sp³-hybridized carbons (Fsp3) is 0.542. The second kappa shape index (κ2) is 13.1. The smallest absolute Gasteiger partial charge is 0.320 e. The lowest BCUT2D eigenvalue weighted by atomic mass is 9.78. The van der Waals surface area contributed by atoms with Gasteiger partial charge >= 0.3 is 18.4 Å². The fourth-order valence-electron chi connectivity index (χ4n) is 3.95. The highest BCUT2D eigenvalue weighted by Crippen LogP contribution is 2.33. The number of ether oxygens (including phenoxy) is 1. The monoisotopic (exact) mass is 498 g/mol. The quantitative estimate of drug-likeness (QED) is 0.382. The third-order valence-corrected chi connectivity index (χ3v) is 6.33. The lowest BCUT2D eigenvalue weighted by Gasteiger charge is -2.40. The van der Waals surface area contributed by atoms with E-state index >= 15 is 0 Å². The number of hydrazine groups is 1. The van der Waals surface area contributed by atoms with Gasteiger partial charge in [-0.15, -0.1) is 6.58 Å². The highest BCUT2D eigenvalue weighted by molar-refractivity contribution is 5.95. The molecule has 0 radical (unpaired) electrons. The van der Waals surface area contributed by atoms with Crippen molar-refractivity contribution in [2.75, 3.05) is 32.8 Å². The molecule has 0 atom stereocenters. The van der Waals surface area contributed by atoms with Gasteiger partial charge in [-0.25, -0.2) is 9.18 Å². The SMILES string of the molecule is C=CCC(CC)(CC)CN(Cc1ccc(C(=O)NNC(=O)C(F)F)cc1F)C(=O)N1CCOCC1. The zero-order valence-corrected chi connectivity index (χ0v) is 20.1. The molecule has 194 valence electrons. The van der Waals surface area contributed by atoms with Crippen molar-refractivity contribution < 1.29 is 32.3 Å². The van der Waals surface area contributed by atoms with Crippen LogP contribution in [0.4, 0.5) is 18.0 Å². The van der Waals surface area contributed by atoms with E-state index in [1.165, 1.54) is 12.1 Å². The van der Waals surface area contributed by atoms with Crippen LogP contribution in [-0.4, -0.2) is 66.9 Å². The average molecular weight is 499 g/mol. The molecule has 11 heteroatoms. The van der Waals surface area contributed by atoms with Crippen molar-refractivity contribution in [3.05, 3.63) is 47.8 Å². The summed E-state index contributed by atoms with van der Waals surface area (Å²) in [5, 5.41) is 0. The molecule has 2 N–H and O–H groups in total. The van der Waals surface area contributed by atoms with Crippen molar-refractivity contribution in [2.45, 2.75) is 46.1 Å². The van der Waals surface area contributed by atoms with Crippen LogP contribution in [0.5, 0.6) is 0 Å². The number of hydrogen-bond acceptors (Lipinski definition) is 4. The van der Waals surface area contributed by atoms with Gasteiger partial charge in [-0.3, -0.25) is 20.4 Å². The number of carbonyl (C=O) groups excluding carboxylic acids is 3. The van der Waals surface area contributed by atoms with E-state index in [0.717, 1.165) is 18.9 Å². The predicted molar refractivity (Wildman–Crippen MR) is 124 cm³/mol. The van der Waals surface area contributed by atoms with E-state index in [1.54, 1.807) is 15.2 Å². The number of alkyl halides is 2. The Balaban J connectivity index is 2.24. The second-order valence-corrected chi connectivity index (χ2v) is 8.49. The van der Waals surface area contributed by atoms with Gasteiger partial charge < -0.3 is 14.5 Å². The Morgan fingerprint density at radius 1 is 1.20 bits per heavy atom. The summed E-state index contributed by atoms with van der Waals surface area (Å²) in [6.07, 6.45) is 0.816. The maximum absolute atomic E-state index is 15.0. The van der Waals surface area contributed by atoms with Crippen LogP contribution in [-0.2, 0) is 16.1 Å². The number of nitrogens with one attached hydrogen (secondary N) is 2. The lowest BCUT2D eigenvalue weighted by Crippen LogP contribution is -2.50. The average Bonchev–Trinajstić information content (AvgIpc) is 2.87. The third-order valence-electron chi connectivity index (χ3n) is 6.33. The Bertz CT molecular complexity index is 903. The number of morpholine rings is 1. The Kier molecular flexibility index (Phi) is 10.6. The Morgan fingerprint density at radius 2 is 1.86 bits per heavy atom. The van der Waals surface area contributed by atoms with Gasteiger partial charge in [-0.1, -0.05) is 26.0 Å². The number of allylic oxidation sites excluding steroid dienone is 1. The van der Waals surface area contributed by atoms with Gasteiger partial charge in [0.25, 0.3) is 5.91 Å². The molecule has 0 bridgehead atoms. The standard InChI is InChI=1S/C24H33F3N4O4/c1-4-9-24(5-2,6-3)16-31(23(34)30-10-12-35-13-11-30)15-18-8-7-17(14-19(18)25)21(32)28-29-22(33)20(26)27/h4,7-8,14,20H,1,5-6,9-13,15-16H2,2-3H3,(H,28,32)(H,29,33). The van der Waals surface area contributed by atoms with E-state index in [1.807, 2.05) is 25.3 Å². The van der Waals surface area contributed by atoms with Gasteiger partial charge in [-0.05, 0) is 36.8 Å². The summed E-state index contributed by atoms with van der Waals surface area (Å²) in [7, 11) is 0. The molecule has 0 aliphatic carbocycles. The van der Waals surface area contributed by atoms with Crippen LogP contribution in [0.3, 0.4) is 0 Å². The molecular weight excluding hydrogens is 465 g/mol. The Labute approximate surface area is 203 Å². The Hall–Kier alpha value is -3.08. The first-order chi connectivity index (χ1) is 16.7. The molecule has 0 saturated carbocycles. The molecule has 8 nitrogen and oxygen atoms in total. The van der Waals surface area contributed by atoms with Crippen molar-refractivity contribution in [3.63, 3.8) is 0 Å². The first-order valence-corrected chi connectivity index (χ1v) is 11.6. The summed E-state index contributed by atoms with van der Waals surface area (Å²) >= 11 is 0. The molecule has 1 aromatic carbocycles. The van der Waals surface area contributed by atoms with Crippen LogP contribution in [0.25, 0.3) is 0 Å². The zero-order chi connectivity index (χ0) is 26.0. The van der Waals surface area contributed by atoms with E-state index < -0.39 is 24.1 Å². The summed E-state index contributed by atoms with van der Waals surface area (Å²) in [5.41, 5.74) is 3.18. The first-order valence-electron chi connectivity index (χ1n) is 11.6. The van der Waals surface area contributed by atoms with Crippen molar-refractivity contribution in [2.24, 2.45) is 5.41 Å². The maximum Gasteiger partial charge on any atom is 0.320 e. The fourth-order valence-corrected chi connectivity index (χ4v) is 3.95. The number of benzene rings is 1. The van der Waals surface area contributed by atoms with Crippen molar-refractivity contribution in [1.82, 2.24) is 20.7 Å². The zero-order valence-electron chi connectivity index (χ0n) is 20.1. The molecule has 4 amide bonds. The third kappa shape index (κ3) is 7.71. The minimum absolute atomic E-state index is 0.0229. The second-order valence-electron chi connectivity index (χ2n) is 8.49. The summed E-state index contributed by atoms with van der Waals surface area (Å²) in [6, 6.07) is 3.38. The molecule has 1 aliphatic rings. The molecule has 1 heterocycles. The highest BCUT2D eigenvalue weighted by atomic mass is 19.3. The van der Waals surface area contributed by atoms with E-state index in [-0.39, 0.29) is 29.1 Å². The van der Waals surface area contributed by atoms with Gasteiger partial charge in [-0.2, -0.15) is 8.78 Å². The molecular formula is C24H33F3N4O4. The van der Waals surface area contributed by atoms with E-state index in [2.05, 4.69) is 6.58 Å². The number of halogens is 3. The van der Waals surface area contributed by atoms with Crippen LogP contribution >= 0.6 is 0 Å². The van der Waals surface area contributed by atoms with Crippen LogP contribution < -0.4 is 10.9 Å². The number of carbonyl (C=O) groups is 3. The predicted octanol–water partition coefficient (Wildman–Crippen LogP) is 3.49. The summed E-state index contributed by atoms with van der Waals surface area (Å²) < 4.78 is 44.8. The molecule has 0 unspecified atom stereocenters. The largest absolute Gasteiger partial charge is 0.378 e. The van der Waals surface area contributed by atoms with Gasteiger partial charge in [0.2, 0.25) is 0 Å². The lowest BCUT2D eigenvalue weighted by molar-refractivity contribution is -0.132. The number of amides is 4. The molecule has 0 aromatic heterocycles. The molecule has 1 fully saturated rings. The summed E-state index contributed by atoms with van der Waals surface area (Å²) in [5.74, 6) is -3.37. The van der Waals surface area contributed by atoms with Crippen molar-refractivity contribution >= 4 is 17.8 Å². The minimum Gasteiger partial charge on any atom is -0.378 e. The van der Waals surface area contributed by atoms with Crippen LogP contribution in [0.15, 0.2) is 30.9 Å². The molecule has 35 heavy (non-hydrogen) atoms. The van der Waals surface area contributed by atoms with Crippen LogP contribution in [0.1, 0.15) is 49.0 Å². The maximum atomic E-state index is 15.0. The molecule has 2 rings (SSSR count). The number of rotatable bonds is 10. The summed E-state index contributed by atoms with van der Waals surface area (Å²) in [6.45, 7) is 10.0. The van der Waals surface area contributed by atoms with Crippen molar-refractivity contribution in [3.8, 4) is 0 Å². The van der Waals surface area contributed by atoms with E-state index in [0.29, 0.717) is 39.3 Å². The van der Waals surface area contributed by atoms with E-state index in [4.69, 9.17) is 4.74 Å². The Morgan fingerprint density at radius 3 is 2.40 bits per heavy atom.